The highest BCUT2D eigenvalue weighted by molar-refractivity contribution is 7.78. The maximum atomic E-state index is 14.0. The molecule has 2 atom stereocenters. The Morgan fingerprint density at radius 2 is 1.67 bits per heavy atom. The van der Waals surface area contributed by atoms with E-state index in [1.54, 1.807) is 11.4 Å². The summed E-state index contributed by atoms with van der Waals surface area (Å²) in [5.41, 5.74) is -4.17. The van der Waals surface area contributed by atoms with E-state index in [1.807, 2.05) is 0 Å². The van der Waals surface area contributed by atoms with Crippen LogP contribution in [0.1, 0.15) is 35.2 Å². The molecular formula is C24H22F6N3O5S-. The second-order valence-electron chi connectivity index (χ2n) is 9.22. The average Bonchev–Trinajstić information content (AvgIpc) is 3.16. The molecule has 212 valence electrons. The van der Waals surface area contributed by atoms with Gasteiger partial charge in [0.15, 0.2) is 0 Å². The van der Waals surface area contributed by atoms with Crippen molar-refractivity contribution >= 4 is 28.6 Å². The van der Waals surface area contributed by atoms with E-state index in [1.165, 1.54) is 24.0 Å². The molecule has 2 aliphatic rings. The summed E-state index contributed by atoms with van der Waals surface area (Å²) in [6.45, 7) is 0.613. The number of anilines is 1. The smallest absolute Gasteiger partial charge is 0.419 e. The highest BCUT2D eigenvalue weighted by Gasteiger charge is 2.72. The van der Waals surface area contributed by atoms with Gasteiger partial charge in [-0.2, -0.15) is 26.3 Å². The van der Waals surface area contributed by atoms with Crippen LogP contribution in [-0.4, -0.2) is 57.1 Å². The fraction of sp³-hybridized carbons (Fsp3) is 0.417. The first-order chi connectivity index (χ1) is 18.1. The molecule has 1 fully saturated rings. The minimum absolute atomic E-state index is 0.0112. The van der Waals surface area contributed by atoms with Crippen LogP contribution >= 0.6 is 0 Å². The number of benzene rings is 2. The van der Waals surface area contributed by atoms with Crippen molar-refractivity contribution in [1.82, 2.24) is 10.2 Å². The third kappa shape index (κ3) is 5.53. The molecule has 0 radical (unpaired) electrons. The molecule has 0 aromatic heterocycles. The van der Waals surface area contributed by atoms with Gasteiger partial charge in [-0.15, -0.1) is 0 Å². The second-order valence-corrected chi connectivity index (χ2v) is 10.1. The van der Waals surface area contributed by atoms with Crippen LogP contribution in [0.4, 0.5) is 32.0 Å². The van der Waals surface area contributed by atoms with Crippen LogP contribution in [0.2, 0.25) is 0 Å². The number of carbonyl (C=O) groups excluding carboxylic acids is 2. The quantitative estimate of drug-likeness (QED) is 0.385. The van der Waals surface area contributed by atoms with Gasteiger partial charge in [-0.05, 0) is 34.4 Å². The van der Waals surface area contributed by atoms with Gasteiger partial charge in [-0.1, -0.05) is 41.4 Å². The molecule has 0 spiro atoms. The zero-order chi connectivity index (χ0) is 28.8. The van der Waals surface area contributed by atoms with Crippen LogP contribution < -0.4 is 10.6 Å². The number of fused-ring (bicyclic) bond motifs is 1. The normalized spacial score (nSPS) is 18.9. The predicted molar refractivity (Wildman–Crippen MR) is 125 cm³/mol. The van der Waals surface area contributed by atoms with Gasteiger partial charge >= 0.3 is 12.4 Å². The van der Waals surface area contributed by atoms with Crippen molar-refractivity contribution in [2.24, 2.45) is 0 Å². The van der Waals surface area contributed by atoms with Gasteiger partial charge in [0, 0.05) is 24.9 Å². The lowest BCUT2D eigenvalue weighted by molar-refractivity contribution is -0.319. The molecule has 2 unspecified atom stereocenters. The first-order valence-electron chi connectivity index (χ1n) is 11.5. The fourth-order valence-corrected chi connectivity index (χ4v) is 5.13. The summed E-state index contributed by atoms with van der Waals surface area (Å²) in [5, 5.41) is 4.11. The van der Waals surface area contributed by atoms with Crippen LogP contribution in [0.25, 0.3) is 0 Å². The lowest BCUT2D eigenvalue weighted by atomic mass is 9.86. The SMILES string of the molecule is CC(=O)N1Cc2cc(CS(=O)[O-])ccc2C1C(=O)Nc1ccc(C(NC2COC2)(C(F)(F)F)C(F)(F)F)cc1. The van der Waals surface area contributed by atoms with E-state index in [4.69, 9.17) is 4.74 Å². The van der Waals surface area contributed by atoms with Crippen molar-refractivity contribution in [3.05, 3.63) is 64.7 Å². The van der Waals surface area contributed by atoms with Gasteiger partial charge in [0.25, 0.3) is 5.91 Å². The Bertz CT molecular complexity index is 1270. The molecule has 4 rings (SSSR count). The Morgan fingerprint density at radius 3 is 2.15 bits per heavy atom. The van der Waals surface area contributed by atoms with Crippen LogP contribution in [-0.2, 0) is 43.2 Å². The fourth-order valence-electron chi connectivity index (χ4n) is 4.68. The molecule has 8 nitrogen and oxygen atoms in total. The number of halogens is 6. The summed E-state index contributed by atoms with van der Waals surface area (Å²) in [5.74, 6) is -1.49. The number of nitrogens with zero attached hydrogens (tertiary/aromatic N) is 1. The van der Waals surface area contributed by atoms with Crippen LogP contribution in [0.5, 0.6) is 0 Å². The zero-order valence-electron chi connectivity index (χ0n) is 20.2. The van der Waals surface area contributed by atoms with Crippen molar-refractivity contribution in [1.29, 1.82) is 0 Å². The topological polar surface area (TPSA) is 111 Å². The Labute approximate surface area is 221 Å². The summed E-state index contributed by atoms with van der Waals surface area (Å²) in [6.07, 6.45) is -11.5. The van der Waals surface area contributed by atoms with E-state index in [0.29, 0.717) is 28.8 Å². The Morgan fingerprint density at radius 1 is 1.05 bits per heavy atom. The second kappa shape index (κ2) is 10.5. The average molecular weight is 579 g/mol. The van der Waals surface area contributed by atoms with Gasteiger partial charge in [0.1, 0.15) is 6.04 Å². The van der Waals surface area contributed by atoms with Gasteiger partial charge in [0.2, 0.25) is 11.4 Å². The molecule has 2 aliphatic heterocycles. The Kier molecular flexibility index (Phi) is 7.82. The van der Waals surface area contributed by atoms with E-state index in [-0.39, 0.29) is 31.2 Å². The lowest BCUT2D eigenvalue weighted by Crippen LogP contribution is -2.68. The number of nitrogens with one attached hydrogen (secondary N) is 2. The molecule has 0 aliphatic carbocycles. The van der Waals surface area contributed by atoms with E-state index < -0.39 is 58.4 Å². The number of rotatable bonds is 7. The van der Waals surface area contributed by atoms with E-state index in [9.17, 15) is 44.7 Å². The highest BCUT2D eigenvalue weighted by Crippen LogP contribution is 2.51. The van der Waals surface area contributed by atoms with E-state index in [2.05, 4.69) is 5.32 Å². The van der Waals surface area contributed by atoms with Crippen molar-refractivity contribution in [2.45, 2.75) is 49.2 Å². The first kappa shape index (κ1) is 29.0. The maximum absolute atomic E-state index is 14.0. The number of amides is 2. The molecule has 2 aromatic carbocycles. The van der Waals surface area contributed by atoms with E-state index in [0.717, 1.165) is 12.1 Å². The number of ether oxygens (including phenoxy) is 1. The Hall–Kier alpha value is -3.01. The van der Waals surface area contributed by atoms with Gasteiger partial charge in [-0.25, -0.2) is 0 Å². The highest BCUT2D eigenvalue weighted by atomic mass is 32.2. The number of alkyl halides is 6. The van der Waals surface area contributed by atoms with Gasteiger partial charge in [-0.3, -0.25) is 19.1 Å². The molecule has 39 heavy (non-hydrogen) atoms. The number of hydrogen-bond acceptors (Lipinski definition) is 6. The molecule has 2 N–H and O–H groups in total. The lowest BCUT2D eigenvalue weighted by Gasteiger charge is -2.43. The molecule has 15 heteroatoms. The summed E-state index contributed by atoms with van der Waals surface area (Å²) in [6, 6.07) is 5.32. The van der Waals surface area contributed by atoms with Crippen molar-refractivity contribution in [3.8, 4) is 0 Å². The van der Waals surface area contributed by atoms with E-state index >= 15 is 0 Å². The van der Waals surface area contributed by atoms with Crippen LogP contribution in [0, 0.1) is 0 Å². The zero-order valence-corrected chi connectivity index (χ0v) is 21.0. The number of carbonyl (C=O) groups is 2. The summed E-state index contributed by atoms with van der Waals surface area (Å²) >= 11 is -2.36. The van der Waals surface area contributed by atoms with Crippen molar-refractivity contribution in [2.75, 3.05) is 18.5 Å². The third-order valence-corrected chi connectivity index (χ3v) is 7.16. The van der Waals surface area contributed by atoms with Gasteiger partial charge in [0.05, 0.1) is 19.3 Å². The monoisotopic (exact) mass is 578 g/mol. The summed E-state index contributed by atoms with van der Waals surface area (Å²) in [7, 11) is 0. The van der Waals surface area contributed by atoms with Gasteiger partial charge < -0.3 is 19.5 Å². The van der Waals surface area contributed by atoms with Crippen LogP contribution in [0.15, 0.2) is 42.5 Å². The van der Waals surface area contributed by atoms with Crippen LogP contribution in [0.3, 0.4) is 0 Å². The molecule has 1 saturated heterocycles. The molecule has 0 saturated carbocycles. The minimum Gasteiger partial charge on any atom is -0.772 e. The summed E-state index contributed by atoms with van der Waals surface area (Å²) < 4.78 is 111. The first-order valence-corrected chi connectivity index (χ1v) is 12.7. The molecule has 2 amide bonds. The predicted octanol–water partition coefficient (Wildman–Crippen LogP) is 3.42. The largest absolute Gasteiger partial charge is 0.772 e. The third-order valence-electron chi connectivity index (χ3n) is 6.59. The maximum Gasteiger partial charge on any atom is 0.419 e. The molecule has 2 heterocycles. The standard InChI is InChI=1S/C24H23F6N3O5S/c1-13(34)33-9-15-8-14(12-39(36)37)2-7-19(15)20(33)21(35)31-17-5-3-16(4-6-17)22(23(25,26)27,24(28,29)30)32-18-10-38-11-18/h2-8,18,20,32H,9-12H2,1H3,(H,31,35)(H,36,37)/p-1. The summed E-state index contributed by atoms with van der Waals surface area (Å²) in [4.78, 5) is 26.6. The van der Waals surface area contributed by atoms with Crippen molar-refractivity contribution < 1.29 is 49.4 Å². The molecule has 0 bridgehead atoms. The van der Waals surface area contributed by atoms with Crippen molar-refractivity contribution in [3.63, 3.8) is 0 Å². The Balaban J connectivity index is 1.61. The molecule has 2 aromatic rings. The minimum atomic E-state index is -5.75. The molecular weight excluding hydrogens is 556 g/mol. The number of hydrogen-bond donors (Lipinski definition) is 2.